The van der Waals surface area contributed by atoms with E-state index in [2.05, 4.69) is 29.9 Å². The van der Waals surface area contributed by atoms with Crippen molar-refractivity contribution in [1.82, 2.24) is 15.8 Å². The molecule has 0 spiro atoms. The van der Waals surface area contributed by atoms with Crippen LogP contribution in [0.3, 0.4) is 0 Å². The molecule has 2 N–H and O–H groups in total. The van der Waals surface area contributed by atoms with Crippen LogP contribution in [0.15, 0.2) is 30.3 Å². The van der Waals surface area contributed by atoms with Crippen LogP contribution >= 0.6 is 0 Å². The van der Waals surface area contributed by atoms with E-state index in [4.69, 9.17) is 0 Å². The molecule has 4 heteroatoms. The molecule has 3 atom stereocenters. The van der Waals surface area contributed by atoms with Gasteiger partial charge in [0.25, 0.3) is 0 Å². The van der Waals surface area contributed by atoms with Crippen LogP contribution in [0.4, 0.5) is 0 Å². The van der Waals surface area contributed by atoms with E-state index in [0.29, 0.717) is 12.0 Å². The van der Waals surface area contributed by atoms with Gasteiger partial charge in [-0.25, -0.2) is 10.9 Å². The van der Waals surface area contributed by atoms with E-state index in [1.807, 2.05) is 30.1 Å². The lowest BCUT2D eigenvalue weighted by Crippen LogP contribution is -2.47. The molecule has 1 amide bonds. The summed E-state index contributed by atoms with van der Waals surface area (Å²) in [6.45, 7) is 2.16. The van der Waals surface area contributed by atoms with E-state index in [1.54, 1.807) is 0 Å². The van der Waals surface area contributed by atoms with Crippen LogP contribution in [0.2, 0.25) is 0 Å². The van der Waals surface area contributed by atoms with Gasteiger partial charge in [0.15, 0.2) is 0 Å². The molecule has 4 nitrogen and oxygen atoms in total. The first-order chi connectivity index (χ1) is 9.66. The third-order valence-corrected chi connectivity index (χ3v) is 4.67. The molecule has 2 aliphatic rings. The molecule has 1 aliphatic heterocycles. The second-order valence-electron chi connectivity index (χ2n) is 6.07. The maximum Gasteiger partial charge on any atom is 0.241 e. The average molecular weight is 273 g/mol. The number of hydrazine groups is 1. The van der Waals surface area contributed by atoms with Gasteiger partial charge >= 0.3 is 0 Å². The van der Waals surface area contributed by atoms with Crippen molar-refractivity contribution in [2.24, 2.45) is 5.92 Å². The minimum absolute atomic E-state index is 0.119. The molecule has 0 radical (unpaired) electrons. The summed E-state index contributed by atoms with van der Waals surface area (Å²) in [5, 5.41) is 0. The van der Waals surface area contributed by atoms with Gasteiger partial charge in [0, 0.05) is 19.1 Å². The molecule has 3 unspecified atom stereocenters. The Hall–Kier alpha value is -1.39. The number of carbonyl (C=O) groups is 1. The van der Waals surface area contributed by atoms with Crippen LogP contribution in [0.25, 0.3) is 0 Å². The Labute approximate surface area is 120 Å². The number of hydrogen-bond donors (Lipinski definition) is 2. The molecule has 1 saturated heterocycles. The molecule has 2 fully saturated rings. The summed E-state index contributed by atoms with van der Waals surface area (Å²) in [6.07, 6.45) is 3.34. The second kappa shape index (κ2) is 5.54. The van der Waals surface area contributed by atoms with Gasteiger partial charge in [-0.15, -0.1) is 0 Å². The molecule has 1 saturated carbocycles. The zero-order valence-electron chi connectivity index (χ0n) is 12.2. The molecule has 0 aromatic heterocycles. The normalized spacial score (nSPS) is 27.3. The number of hydrogen-bond acceptors (Lipinski definition) is 3. The first-order valence-electron chi connectivity index (χ1n) is 7.49. The summed E-state index contributed by atoms with van der Waals surface area (Å²) < 4.78 is 0. The Bertz CT molecular complexity index is 472. The lowest BCUT2D eigenvalue weighted by Gasteiger charge is -2.27. The highest BCUT2D eigenvalue weighted by Gasteiger charge is 2.37. The summed E-state index contributed by atoms with van der Waals surface area (Å²) in [7, 11) is 1.93. The first kappa shape index (κ1) is 13.6. The zero-order valence-corrected chi connectivity index (χ0v) is 12.2. The highest BCUT2D eigenvalue weighted by atomic mass is 16.2. The second-order valence-corrected chi connectivity index (χ2v) is 6.07. The highest BCUT2D eigenvalue weighted by Crippen LogP contribution is 2.35. The maximum absolute atomic E-state index is 12.5. The summed E-state index contributed by atoms with van der Waals surface area (Å²) in [5.41, 5.74) is 7.63. The van der Waals surface area contributed by atoms with E-state index in [1.165, 1.54) is 18.4 Å². The molecule has 1 heterocycles. The number of amides is 1. The summed E-state index contributed by atoms with van der Waals surface area (Å²) in [4.78, 5) is 14.4. The molecule has 20 heavy (non-hydrogen) atoms. The van der Waals surface area contributed by atoms with Crippen molar-refractivity contribution >= 4 is 5.91 Å². The van der Waals surface area contributed by atoms with E-state index < -0.39 is 0 Å². The van der Waals surface area contributed by atoms with Crippen molar-refractivity contribution in [3.05, 3.63) is 35.9 Å². The molecular formula is C16H23N3O. The quantitative estimate of drug-likeness (QED) is 0.880. The molecule has 1 aromatic carbocycles. The van der Waals surface area contributed by atoms with Gasteiger partial charge in [0.2, 0.25) is 5.91 Å². The number of nitrogens with zero attached hydrogens (tertiary/aromatic N) is 1. The van der Waals surface area contributed by atoms with Crippen LogP contribution in [-0.2, 0) is 4.79 Å². The van der Waals surface area contributed by atoms with Gasteiger partial charge in [-0.3, -0.25) is 4.79 Å². The fourth-order valence-electron chi connectivity index (χ4n) is 2.96. The van der Waals surface area contributed by atoms with E-state index in [0.717, 1.165) is 6.42 Å². The maximum atomic E-state index is 12.5. The number of benzene rings is 1. The smallest absolute Gasteiger partial charge is 0.241 e. The molecule has 1 aliphatic carbocycles. The van der Waals surface area contributed by atoms with Gasteiger partial charge in [-0.05, 0) is 37.7 Å². The van der Waals surface area contributed by atoms with E-state index in [-0.39, 0.29) is 18.0 Å². The summed E-state index contributed by atoms with van der Waals surface area (Å²) in [5.74, 6) is 0.915. The third-order valence-electron chi connectivity index (χ3n) is 4.67. The van der Waals surface area contributed by atoms with Gasteiger partial charge in [0.1, 0.15) is 6.04 Å². The number of nitrogens with one attached hydrogen (secondary N) is 2. The molecule has 3 rings (SSSR count). The van der Waals surface area contributed by atoms with Crippen molar-refractivity contribution in [2.75, 3.05) is 7.05 Å². The summed E-state index contributed by atoms with van der Waals surface area (Å²) >= 11 is 0. The van der Waals surface area contributed by atoms with Crippen LogP contribution < -0.4 is 10.9 Å². The molecule has 1 aromatic rings. The van der Waals surface area contributed by atoms with Crippen molar-refractivity contribution in [3.63, 3.8) is 0 Å². The topological polar surface area (TPSA) is 44.4 Å². The standard InChI is InChI=1S/C16H23N3O/c1-11(12-8-9-12)19(2)16(20)15-10-14(17-18-15)13-6-4-3-5-7-13/h3-7,11-12,14-15,17-18H,8-10H2,1-2H3. The Morgan fingerprint density at radius 3 is 2.60 bits per heavy atom. The predicted molar refractivity (Wildman–Crippen MR) is 78.8 cm³/mol. The Morgan fingerprint density at radius 1 is 1.25 bits per heavy atom. The summed E-state index contributed by atoms with van der Waals surface area (Å²) in [6, 6.07) is 10.7. The minimum Gasteiger partial charge on any atom is -0.341 e. The van der Waals surface area contributed by atoms with Gasteiger partial charge in [-0.1, -0.05) is 30.3 Å². The fraction of sp³-hybridized carbons (Fsp3) is 0.562. The molecule has 108 valence electrons. The van der Waals surface area contributed by atoms with Gasteiger partial charge in [0.05, 0.1) is 0 Å². The third kappa shape index (κ3) is 2.72. The van der Waals surface area contributed by atoms with Gasteiger partial charge < -0.3 is 4.90 Å². The first-order valence-corrected chi connectivity index (χ1v) is 7.49. The lowest BCUT2D eigenvalue weighted by atomic mass is 10.0. The van der Waals surface area contributed by atoms with Crippen LogP contribution in [0.1, 0.15) is 37.8 Å². The number of rotatable bonds is 4. The lowest BCUT2D eigenvalue weighted by molar-refractivity contribution is -0.134. The largest absolute Gasteiger partial charge is 0.341 e. The highest BCUT2D eigenvalue weighted by molar-refractivity contribution is 5.82. The monoisotopic (exact) mass is 273 g/mol. The Morgan fingerprint density at radius 2 is 1.95 bits per heavy atom. The zero-order chi connectivity index (χ0) is 14.1. The van der Waals surface area contributed by atoms with Crippen LogP contribution in [-0.4, -0.2) is 29.9 Å². The van der Waals surface area contributed by atoms with E-state index in [9.17, 15) is 4.79 Å². The minimum atomic E-state index is -0.119. The van der Waals surface area contributed by atoms with Crippen molar-refractivity contribution in [3.8, 4) is 0 Å². The van der Waals surface area contributed by atoms with Gasteiger partial charge in [-0.2, -0.15) is 0 Å². The van der Waals surface area contributed by atoms with Crippen LogP contribution in [0.5, 0.6) is 0 Å². The van der Waals surface area contributed by atoms with Crippen molar-refractivity contribution < 1.29 is 4.79 Å². The fourth-order valence-corrected chi connectivity index (χ4v) is 2.96. The average Bonchev–Trinajstić information content (AvgIpc) is 3.22. The van der Waals surface area contributed by atoms with E-state index >= 15 is 0 Å². The number of likely N-dealkylation sites (N-methyl/N-ethyl adjacent to an activating group) is 1. The molecule has 0 bridgehead atoms. The van der Waals surface area contributed by atoms with Crippen molar-refractivity contribution in [1.29, 1.82) is 0 Å². The predicted octanol–water partition coefficient (Wildman–Crippen LogP) is 1.85. The SMILES string of the molecule is CC(C1CC1)N(C)C(=O)C1CC(c2ccccc2)NN1. The van der Waals surface area contributed by atoms with Crippen molar-refractivity contribution in [2.45, 2.75) is 44.3 Å². The van der Waals surface area contributed by atoms with Crippen LogP contribution in [0, 0.1) is 5.92 Å². The Balaban J connectivity index is 1.60. The Kier molecular flexibility index (Phi) is 3.76. The molecular weight excluding hydrogens is 250 g/mol. The number of carbonyl (C=O) groups excluding carboxylic acids is 1.